The van der Waals surface area contributed by atoms with Crippen molar-refractivity contribution in [3.05, 3.63) is 30.0 Å². The van der Waals surface area contributed by atoms with Crippen molar-refractivity contribution >= 4 is 22.5 Å². The highest BCUT2D eigenvalue weighted by atomic mass is 35.5. The number of nitrogens with zero attached hydrogens (tertiary/aromatic N) is 2. The van der Waals surface area contributed by atoms with Crippen LogP contribution in [-0.2, 0) is 13.5 Å². The smallest absolute Gasteiger partial charge is 0.0703 e. The molecule has 0 aliphatic carbocycles. The van der Waals surface area contributed by atoms with Crippen molar-refractivity contribution in [3.8, 4) is 0 Å². The van der Waals surface area contributed by atoms with Gasteiger partial charge in [0, 0.05) is 17.8 Å². The van der Waals surface area contributed by atoms with Gasteiger partial charge in [-0.05, 0) is 25.3 Å². The van der Waals surface area contributed by atoms with E-state index in [1.54, 1.807) is 0 Å². The van der Waals surface area contributed by atoms with Crippen molar-refractivity contribution in [3.63, 3.8) is 0 Å². The van der Waals surface area contributed by atoms with Gasteiger partial charge in [-0.15, -0.1) is 11.6 Å². The molecule has 0 spiro atoms. The number of rotatable bonds is 4. The molecular formula is C13H17ClN2. The first-order valence-electron chi connectivity index (χ1n) is 5.77. The molecule has 0 amide bonds. The number of para-hydroxylation sites is 1. The third-order valence-electron chi connectivity index (χ3n) is 2.97. The molecule has 0 aliphatic heterocycles. The monoisotopic (exact) mass is 236 g/mol. The van der Waals surface area contributed by atoms with Gasteiger partial charge in [0.2, 0.25) is 0 Å². The summed E-state index contributed by atoms with van der Waals surface area (Å²) in [5.41, 5.74) is 2.36. The van der Waals surface area contributed by atoms with Crippen molar-refractivity contribution in [1.82, 2.24) is 9.78 Å². The van der Waals surface area contributed by atoms with E-state index in [1.807, 2.05) is 17.8 Å². The van der Waals surface area contributed by atoms with E-state index in [0.29, 0.717) is 0 Å². The van der Waals surface area contributed by atoms with Crippen molar-refractivity contribution in [2.24, 2.45) is 7.05 Å². The Hall–Kier alpha value is -1.02. The van der Waals surface area contributed by atoms with E-state index in [-0.39, 0.29) is 5.38 Å². The van der Waals surface area contributed by atoms with Gasteiger partial charge in [-0.3, -0.25) is 4.68 Å². The second-order valence-electron chi connectivity index (χ2n) is 4.13. The summed E-state index contributed by atoms with van der Waals surface area (Å²) in [5, 5.41) is 6.07. The van der Waals surface area contributed by atoms with Crippen LogP contribution in [0.5, 0.6) is 0 Å². The molecule has 0 saturated heterocycles. The van der Waals surface area contributed by atoms with Gasteiger partial charge < -0.3 is 0 Å². The van der Waals surface area contributed by atoms with E-state index in [2.05, 4.69) is 30.2 Å². The van der Waals surface area contributed by atoms with E-state index >= 15 is 0 Å². The van der Waals surface area contributed by atoms with Crippen LogP contribution in [0, 0.1) is 0 Å². The first-order chi connectivity index (χ1) is 7.72. The number of aromatic nitrogens is 2. The number of hydrogen-bond acceptors (Lipinski definition) is 1. The molecule has 0 aliphatic rings. The predicted octanol–water partition coefficient (Wildman–Crippen LogP) is 3.52. The van der Waals surface area contributed by atoms with Crippen LogP contribution in [-0.4, -0.2) is 15.2 Å². The summed E-state index contributed by atoms with van der Waals surface area (Å²) in [5.74, 6) is 0. The molecule has 3 heteroatoms. The maximum atomic E-state index is 6.14. The lowest BCUT2D eigenvalue weighted by atomic mass is 10.1. The Morgan fingerprint density at radius 1 is 1.38 bits per heavy atom. The van der Waals surface area contributed by atoms with Gasteiger partial charge in [0.25, 0.3) is 0 Å². The number of hydrogen-bond donors (Lipinski definition) is 0. The summed E-state index contributed by atoms with van der Waals surface area (Å²) in [4.78, 5) is 0. The fourth-order valence-electron chi connectivity index (χ4n) is 1.97. The van der Waals surface area contributed by atoms with Crippen LogP contribution in [0.1, 0.15) is 25.5 Å². The largest absolute Gasteiger partial charge is 0.268 e. The van der Waals surface area contributed by atoms with Gasteiger partial charge in [-0.2, -0.15) is 5.10 Å². The van der Waals surface area contributed by atoms with Crippen molar-refractivity contribution in [2.75, 3.05) is 0 Å². The summed E-state index contributed by atoms with van der Waals surface area (Å²) in [6.07, 6.45) is 2.98. The van der Waals surface area contributed by atoms with Crippen LogP contribution in [0.15, 0.2) is 24.3 Å². The van der Waals surface area contributed by atoms with Gasteiger partial charge in [0.15, 0.2) is 0 Å². The average Bonchev–Trinajstić information content (AvgIpc) is 2.64. The summed E-state index contributed by atoms with van der Waals surface area (Å²) in [7, 11) is 1.99. The van der Waals surface area contributed by atoms with Gasteiger partial charge in [-0.1, -0.05) is 25.1 Å². The Balaban J connectivity index is 2.24. The van der Waals surface area contributed by atoms with Crippen molar-refractivity contribution in [1.29, 1.82) is 0 Å². The number of alkyl halides is 1. The molecule has 1 aromatic carbocycles. The lowest BCUT2D eigenvalue weighted by molar-refractivity contribution is 0.695. The second kappa shape index (κ2) is 4.88. The van der Waals surface area contributed by atoms with Crippen molar-refractivity contribution in [2.45, 2.75) is 31.6 Å². The number of halogens is 1. The Labute approximate surface area is 101 Å². The van der Waals surface area contributed by atoms with E-state index in [9.17, 15) is 0 Å². The summed E-state index contributed by atoms with van der Waals surface area (Å²) < 4.78 is 1.94. The van der Waals surface area contributed by atoms with E-state index in [4.69, 9.17) is 11.6 Å². The molecule has 0 saturated carbocycles. The molecule has 0 bridgehead atoms. The molecular weight excluding hydrogens is 220 g/mol. The summed E-state index contributed by atoms with van der Waals surface area (Å²) in [6, 6.07) is 8.34. The fraction of sp³-hybridized carbons (Fsp3) is 0.462. The predicted molar refractivity (Wildman–Crippen MR) is 69.0 cm³/mol. The highest BCUT2D eigenvalue weighted by Gasteiger charge is 2.09. The summed E-state index contributed by atoms with van der Waals surface area (Å²) >= 11 is 6.14. The topological polar surface area (TPSA) is 17.8 Å². The third-order valence-corrected chi connectivity index (χ3v) is 3.50. The molecule has 2 aromatic rings. The first-order valence-corrected chi connectivity index (χ1v) is 6.20. The lowest BCUT2D eigenvalue weighted by Gasteiger charge is -2.03. The second-order valence-corrected chi connectivity index (χ2v) is 4.75. The lowest BCUT2D eigenvalue weighted by Crippen LogP contribution is -2.00. The number of aryl methyl sites for hydroxylation is 2. The molecule has 0 N–H and O–H groups in total. The standard InChI is InChI=1S/C13H17ClN2/c1-3-10(14)8-9-12-11-6-4-5-7-13(11)16(2)15-12/h4-7,10H,3,8-9H2,1-2H3. The zero-order chi connectivity index (χ0) is 11.5. The molecule has 0 radical (unpaired) electrons. The van der Waals surface area contributed by atoms with Gasteiger partial charge >= 0.3 is 0 Å². The van der Waals surface area contributed by atoms with Crippen LogP contribution in [0.4, 0.5) is 0 Å². The Bertz CT molecular complexity index is 476. The van der Waals surface area contributed by atoms with E-state index in [0.717, 1.165) is 25.0 Å². The average molecular weight is 237 g/mol. The highest BCUT2D eigenvalue weighted by Crippen LogP contribution is 2.20. The molecule has 1 unspecified atom stereocenters. The molecule has 1 aromatic heterocycles. The molecule has 0 fully saturated rings. The first kappa shape index (κ1) is 11.5. The Morgan fingerprint density at radius 3 is 2.88 bits per heavy atom. The van der Waals surface area contributed by atoms with Gasteiger partial charge in [0.1, 0.15) is 0 Å². The van der Waals surface area contributed by atoms with Crippen LogP contribution < -0.4 is 0 Å². The normalized spacial score (nSPS) is 13.2. The maximum Gasteiger partial charge on any atom is 0.0703 e. The van der Waals surface area contributed by atoms with Gasteiger partial charge in [0.05, 0.1) is 11.2 Å². The molecule has 2 nitrogen and oxygen atoms in total. The SMILES string of the molecule is CCC(Cl)CCc1nn(C)c2ccccc12. The van der Waals surface area contributed by atoms with Gasteiger partial charge in [-0.25, -0.2) is 0 Å². The minimum atomic E-state index is 0.265. The van der Waals surface area contributed by atoms with E-state index < -0.39 is 0 Å². The minimum absolute atomic E-state index is 0.265. The summed E-state index contributed by atoms with van der Waals surface area (Å²) in [6.45, 7) is 2.12. The quantitative estimate of drug-likeness (QED) is 0.743. The zero-order valence-electron chi connectivity index (χ0n) is 9.78. The molecule has 16 heavy (non-hydrogen) atoms. The molecule has 1 atom stereocenters. The molecule has 2 rings (SSSR count). The maximum absolute atomic E-state index is 6.14. The number of benzene rings is 1. The highest BCUT2D eigenvalue weighted by molar-refractivity contribution is 6.20. The number of fused-ring (bicyclic) bond motifs is 1. The van der Waals surface area contributed by atoms with Crippen molar-refractivity contribution < 1.29 is 0 Å². The van der Waals surface area contributed by atoms with Crippen LogP contribution in [0.25, 0.3) is 10.9 Å². The fourth-order valence-corrected chi connectivity index (χ4v) is 2.08. The van der Waals surface area contributed by atoms with Crippen LogP contribution >= 0.6 is 11.6 Å². The molecule has 1 heterocycles. The Kier molecular flexibility index (Phi) is 3.49. The molecule has 86 valence electrons. The minimum Gasteiger partial charge on any atom is -0.268 e. The zero-order valence-corrected chi connectivity index (χ0v) is 10.5. The third kappa shape index (κ3) is 2.22. The van der Waals surface area contributed by atoms with Crippen LogP contribution in [0.2, 0.25) is 0 Å². The Morgan fingerprint density at radius 2 is 2.12 bits per heavy atom. The van der Waals surface area contributed by atoms with Crippen LogP contribution in [0.3, 0.4) is 0 Å². The van der Waals surface area contributed by atoms with E-state index in [1.165, 1.54) is 10.9 Å².